The van der Waals surface area contributed by atoms with E-state index in [9.17, 15) is 4.79 Å². The van der Waals surface area contributed by atoms with Gasteiger partial charge < -0.3 is 20.4 Å². The molecule has 6 nitrogen and oxygen atoms in total. The predicted octanol–water partition coefficient (Wildman–Crippen LogP) is 0.779. The van der Waals surface area contributed by atoms with Crippen molar-refractivity contribution in [3.63, 3.8) is 0 Å². The molecule has 1 aromatic heterocycles. The molecule has 0 spiro atoms. The molecule has 0 fully saturated rings. The summed E-state index contributed by atoms with van der Waals surface area (Å²) >= 11 is 0. The molecule has 0 saturated carbocycles. The zero-order valence-electron chi connectivity index (χ0n) is 11.6. The Morgan fingerprint density at radius 1 is 1.40 bits per heavy atom. The molecule has 2 rings (SSSR count). The van der Waals surface area contributed by atoms with E-state index in [1.54, 1.807) is 19.4 Å². The zero-order valence-corrected chi connectivity index (χ0v) is 11.6. The lowest BCUT2D eigenvalue weighted by atomic mass is 10.2. The first-order valence-corrected chi connectivity index (χ1v) is 6.69. The van der Waals surface area contributed by atoms with E-state index in [0.29, 0.717) is 18.5 Å². The fourth-order valence-corrected chi connectivity index (χ4v) is 1.95. The van der Waals surface area contributed by atoms with Crippen LogP contribution in [0.25, 0.3) is 0 Å². The second-order valence-electron chi connectivity index (χ2n) is 4.57. The number of amides is 1. The van der Waals surface area contributed by atoms with Crippen molar-refractivity contribution in [2.75, 3.05) is 13.6 Å². The first-order valence-electron chi connectivity index (χ1n) is 6.69. The molecule has 1 aliphatic carbocycles. The highest BCUT2D eigenvalue weighted by atomic mass is 16.3. The molecule has 6 heteroatoms. The van der Waals surface area contributed by atoms with Crippen LogP contribution in [0.15, 0.2) is 40.0 Å². The largest absolute Gasteiger partial charge is 0.467 e. The summed E-state index contributed by atoms with van der Waals surface area (Å²) in [7, 11) is 1.69. The van der Waals surface area contributed by atoms with Crippen LogP contribution in [-0.2, 0) is 11.3 Å². The Hall–Kier alpha value is -2.24. The fraction of sp³-hybridized carbons (Fsp3) is 0.429. The van der Waals surface area contributed by atoms with E-state index in [2.05, 4.69) is 33.1 Å². The van der Waals surface area contributed by atoms with E-state index >= 15 is 0 Å². The van der Waals surface area contributed by atoms with Gasteiger partial charge in [-0.1, -0.05) is 12.2 Å². The predicted molar refractivity (Wildman–Crippen MR) is 77.2 cm³/mol. The SMILES string of the molecule is CN=C(NCC(=O)NCc1ccco1)NC1CC=CC1. The third-order valence-electron chi connectivity index (χ3n) is 3.03. The smallest absolute Gasteiger partial charge is 0.239 e. The minimum Gasteiger partial charge on any atom is -0.467 e. The monoisotopic (exact) mass is 276 g/mol. The van der Waals surface area contributed by atoms with E-state index in [1.165, 1.54) is 0 Å². The maximum absolute atomic E-state index is 11.7. The fourth-order valence-electron chi connectivity index (χ4n) is 1.95. The van der Waals surface area contributed by atoms with Crippen LogP contribution >= 0.6 is 0 Å². The zero-order chi connectivity index (χ0) is 14.2. The van der Waals surface area contributed by atoms with E-state index < -0.39 is 0 Å². The number of furan rings is 1. The van der Waals surface area contributed by atoms with Crippen molar-refractivity contribution in [1.29, 1.82) is 0 Å². The molecule has 0 atom stereocenters. The van der Waals surface area contributed by atoms with Gasteiger partial charge >= 0.3 is 0 Å². The van der Waals surface area contributed by atoms with Gasteiger partial charge in [-0.25, -0.2) is 0 Å². The van der Waals surface area contributed by atoms with Gasteiger partial charge in [-0.05, 0) is 25.0 Å². The number of hydrogen-bond donors (Lipinski definition) is 3. The van der Waals surface area contributed by atoms with E-state index in [4.69, 9.17) is 4.42 Å². The summed E-state index contributed by atoms with van der Waals surface area (Å²) in [5, 5.41) is 9.03. The number of rotatable bonds is 5. The second kappa shape index (κ2) is 7.37. The van der Waals surface area contributed by atoms with Crippen LogP contribution < -0.4 is 16.0 Å². The molecule has 1 aliphatic rings. The molecule has 1 heterocycles. The average Bonchev–Trinajstić information content (AvgIpc) is 3.14. The molecule has 0 bridgehead atoms. The average molecular weight is 276 g/mol. The molecule has 0 aliphatic heterocycles. The quantitative estimate of drug-likeness (QED) is 0.422. The lowest BCUT2D eigenvalue weighted by Gasteiger charge is -2.16. The van der Waals surface area contributed by atoms with Crippen LogP contribution in [0.3, 0.4) is 0 Å². The van der Waals surface area contributed by atoms with Crippen LogP contribution in [-0.4, -0.2) is 31.5 Å². The van der Waals surface area contributed by atoms with Gasteiger partial charge in [-0.2, -0.15) is 0 Å². The first-order chi connectivity index (χ1) is 9.78. The van der Waals surface area contributed by atoms with Gasteiger partial charge in [0.2, 0.25) is 5.91 Å². The van der Waals surface area contributed by atoms with Crippen molar-refractivity contribution in [3.8, 4) is 0 Å². The third-order valence-corrected chi connectivity index (χ3v) is 3.03. The van der Waals surface area contributed by atoms with Crippen LogP contribution in [0, 0.1) is 0 Å². The Kier molecular flexibility index (Phi) is 5.23. The highest BCUT2D eigenvalue weighted by Crippen LogP contribution is 2.08. The number of carbonyl (C=O) groups excluding carboxylic acids is 1. The summed E-state index contributed by atoms with van der Waals surface area (Å²) in [4.78, 5) is 15.8. The van der Waals surface area contributed by atoms with Crippen LogP contribution in [0.5, 0.6) is 0 Å². The van der Waals surface area contributed by atoms with Crippen molar-refractivity contribution in [2.45, 2.75) is 25.4 Å². The molecule has 0 aromatic carbocycles. The van der Waals surface area contributed by atoms with E-state index in [-0.39, 0.29) is 12.5 Å². The van der Waals surface area contributed by atoms with Crippen molar-refractivity contribution in [2.24, 2.45) is 4.99 Å². The number of hydrogen-bond acceptors (Lipinski definition) is 3. The third kappa shape index (κ3) is 4.46. The molecule has 0 radical (unpaired) electrons. The Morgan fingerprint density at radius 2 is 2.20 bits per heavy atom. The van der Waals surface area contributed by atoms with Crippen molar-refractivity contribution < 1.29 is 9.21 Å². The first kappa shape index (κ1) is 14.2. The van der Waals surface area contributed by atoms with Gasteiger partial charge in [0.1, 0.15) is 5.76 Å². The van der Waals surface area contributed by atoms with E-state index in [0.717, 1.165) is 18.6 Å². The van der Waals surface area contributed by atoms with Gasteiger partial charge in [0.25, 0.3) is 0 Å². The highest BCUT2D eigenvalue weighted by Gasteiger charge is 2.12. The minimum absolute atomic E-state index is 0.103. The van der Waals surface area contributed by atoms with Gasteiger partial charge in [0.05, 0.1) is 19.4 Å². The van der Waals surface area contributed by atoms with Gasteiger partial charge in [0, 0.05) is 13.1 Å². The van der Waals surface area contributed by atoms with Crippen molar-refractivity contribution in [1.82, 2.24) is 16.0 Å². The molecular weight excluding hydrogens is 256 g/mol. The summed E-state index contributed by atoms with van der Waals surface area (Å²) in [5.41, 5.74) is 0. The Bertz CT molecular complexity index is 471. The summed E-state index contributed by atoms with van der Waals surface area (Å²) in [6.45, 7) is 0.576. The highest BCUT2D eigenvalue weighted by molar-refractivity contribution is 5.86. The van der Waals surface area contributed by atoms with Crippen molar-refractivity contribution in [3.05, 3.63) is 36.3 Å². The number of nitrogens with zero attached hydrogens (tertiary/aromatic N) is 1. The molecule has 0 saturated heterocycles. The Morgan fingerprint density at radius 3 is 2.85 bits per heavy atom. The van der Waals surface area contributed by atoms with Crippen molar-refractivity contribution >= 4 is 11.9 Å². The van der Waals surface area contributed by atoms with Gasteiger partial charge in [0.15, 0.2) is 5.96 Å². The van der Waals surface area contributed by atoms with Crippen LogP contribution in [0.2, 0.25) is 0 Å². The number of aliphatic imine (C=N–C) groups is 1. The molecule has 1 amide bonds. The summed E-state index contributed by atoms with van der Waals surface area (Å²) in [6, 6.07) is 3.98. The lowest BCUT2D eigenvalue weighted by Crippen LogP contribution is -2.46. The normalized spacial score (nSPS) is 15.3. The summed E-state index contributed by atoms with van der Waals surface area (Å²) < 4.78 is 5.14. The van der Waals surface area contributed by atoms with Crippen LogP contribution in [0.4, 0.5) is 0 Å². The molecule has 108 valence electrons. The number of nitrogens with one attached hydrogen (secondary N) is 3. The topological polar surface area (TPSA) is 78.7 Å². The molecule has 20 heavy (non-hydrogen) atoms. The molecular formula is C14H20N4O2. The minimum atomic E-state index is -0.103. The van der Waals surface area contributed by atoms with Gasteiger partial charge in [-0.3, -0.25) is 9.79 Å². The summed E-state index contributed by atoms with van der Waals surface area (Å²) in [5.74, 6) is 1.28. The maximum Gasteiger partial charge on any atom is 0.239 e. The second-order valence-corrected chi connectivity index (χ2v) is 4.57. The van der Waals surface area contributed by atoms with Gasteiger partial charge in [-0.15, -0.1) is 0 Å². The summed E-state index contributed by atoms with van der Waals surface area (Å²) in [6.07, 6.45) is 7.85. The molecule has 3 N–H and O–H groups in total. The lowest BCUT2D eigenvalue weighted by molar-refractivity contribution is -0.120. The number of guanidine groups is 1. The Labute approximate surface area is 118 Å². The molecule has 0 unspecified atom stereocenters. The molecule has 1 aromatic rings. The van der Waals surface area contributed by atoms with Crippen LogP contribution in [0.1, 0.15) is 18.6 Å². The Balaban J connectivity index is 1.65. The number of carbonyl (C=O) groups is 1. The maximum atomic E-state index is 11.7. The standard InChI is InChI=1S/C14H20N4O2/c1-15-14(18-11-5-2-3-6-11)17-10-13(19)16-9-12-7-4-8-20-12/h2-4,7-8,11H,5-6,9-10H2,1H3,(H,16,19)(H2,15,17,18). The van der Waals surface area contributed by atoms with E-state index in [1.807, 2.05) is 6.07 Å².